The number of carbonyl (C=O) groups excluding carboxylic acids is 1. The largest absolute Gasteiger partial charge is 0.489 e. The molecule has 0 amide bonds. The zero-order valence-electron chi connectivity index (χ0n) is 15.7. The molecule has 0 aromatic heterocycles. The summed E-state index contributed by atoms with van der Waals surface area (Å²) in [4.78, 5) is 12.3. The lowest BCUT2D eigenvalue weighted by Crippen LogP contribution is -2.43. The number of ether oxygens (including phenoxy) is 1. The summed E-state index contributed by atoms with van der Waals surface area (Å²) in [5, 5.41) is 0. The first-order chi connectivity index (χ1) is 12.1. The van der Waals surface area contributed by atoms with Crippen LogP contribution in [0.3, 0.4) is 0 Å². The minimum atomic E-state index is -3.63. The number of carbonyl (C=O) groups is 1. The van der Waals surface area contributed by atoms with Crippen LogP contribution in [0.25, 0.3) is 0 Å². The molecule has 1 aromatic rings. The highest BCUT2D eigenvalue weighted by Gasteiger charge is 2.53. The molecule has 140 valence electrons. The lowest BCUT2D eigenvalue weighted by Gasteiger charge is -2.39. The Morgan fingerprint density at radius 2 is 1.96 bits per heavy atom. The summed E-state index contributed by atoms with van der Waals surface area (Å²) in [5.41, 5.74) is 1.50. The van der Waals surface area contributed by atoms with Crippen molar-refractivity contribution in [3.8, 4) is 0 Å². The first-order valence-electron chi connectivity index (χ1n) is 8.79. The smallest absolute Gasteiger partial charge is 0.243 e. The highest BCUT2D eigenvalue weighted by atomic mass is 32.2. The number of allylic oxidation sites excluding steroid dienone is 2. The van der Waals surface area contributed by atoms with E-state index in [1.807, 2.05) is 20.8 Å². The van der Waals surface area contributed by atoms with Crippen molar-refractivity contribution in [3.63, 3.8) is 0 Å². The van der Waals surface area contributed by atoms with Crippen LogP contribution in [0.2, 0.25) is 0 Å². The van der Waals surface area contributed by atoms with E-state index < -0.39 is 15.6 Å². The number of fused-ring (bicyclic) bond motifs is 1. The molecule has 0 spiro atoms. The summed E-state index contributed by atoms with van der Waals surface area (Å²) in [7, 11) is -3.63. The summed E-state index contributed by atoms with van der Waals surface area (Å²) < 4.78 is 33.7. The van der Waals surface area contributed by atoms with Gasteiger partial charge in [0.25, 0.3) is 0 Å². The predicted octanol–water partition coefficient (Wildman–Crippen LogP) is 3.21. The van der Waals surface area contributed by atoms with Crippen molar-refractivity contribution in [1.82, 2.24) is 4.31 Å². The Balaban J connectivity index is 1.96. The van der Waals surface area contributed by atoms with Crippen molar-refractivity contribution in [1.29, 1.82) is 0 Å². The van der Waals surface area contributed by atoms with Gasteiger partial charge in [0, 0.05) is 18.9 Å². The van der Waals surface area contributed by atoms with E-state index in [1.165, 1.54) is 11.2 Å². The normalized spacial score (nSPS) is 26.6. The molecule has 0 N–H and O–H groups in total. The van der Waals surface area contributed by atoms with E-state index in [1.54, 1.807) is 24.3 Å². The van der Waals surface area contributed by atoms with Gasteiger partial charge in [-0.1, -0.05) is 31.2 Å². The summed E-state index contributed by atoms with van der Waals surface area (Å²) in [6.45, 7) is 11.9. The molecule has 0 aliphatic carbocycles. The van der Waals surface area contributed by atoms with E-state index in [0.717, 1.165) is 5.56 Å². The molecule has 1 fully saturated rings. The number of nitrogens with zero attached hydrogens (tertiary/aromatic N) is 1. The summed E-state index contributed by atoms with van der Waals surface area (Å²) in [6, 6.07) is 6.83. The fourth-order valence-corrected chi connectivity index (χ4v) is 5.45. The Morgan fingerprint density at radius 1 is 1.35 bits per heavy atom. The van der Waals surface area contributed by atoms with Gasteiger partial charge in [-0.3, -0.25) is 4.79 Å². The minimum Gasteiger partial charge on any atom is -0.489 e. The van der Waals surface area contributed by atoms with Crippen LogP contribution in [0.4, 0.5) is 0 Å². The van der Waals surface area contributed by atoms with E-state index in [0.29, 0.717) is 23.3 Å². The Kier molecular flexibility index (Phi) is 4.61. The molecule has 2 aliphatic heterocycles. The van der Waals surface area contributed by atoms with E-state index in [4.69, 9.17) is 4.74 Å². The third kappa shape index (κ3) is 2.91. The number of benzene rings is 1. The highest BCUT2D eigenvalue weighted by Crippen LogP contribution is 2.46. The third-order valence-corrected chi connectivity index (χ3v) is 7.15. The van der Waals surface area contributed by atoms with Crippen LogP contribution in [0, 0.1) is 12.8 Å². The van der Waals surface area contributed by atoms with Gasteiger partial charge in [-0.2, -0.15) is 4.31 Å². The Hall–Kier alpha value is -1.92. The first kappa shape index (κ1) is 18.9. The topological polar surface area (TPSA) is 63.7 Å². The molecule has 1 aromatic carbocycles. The maximum absolute atomic E-state index is 13.1. The van der Waals surface area contributed by atoms with Crippen molar-refractivity contribution < 1.29 is 17.9 Å². The molecular weight excluding hydrogens is 350 g/mol. The zero-order chi connectivity index (χ0) is 19.3. The maximum atomic E-state index is 13.1. The fourth-order valence-electron chi connectivity index (χ4n) is 3.90. The summed E-state index contributed by atoms with van der Waals surface area (Å²) in [5.74, 6) is 0.279. The molecule has 3 rings (SSSR count). The van der Waals surface area contributed by atoms with Gasteiger partial charge in [-0.15, -0.1) is 0 Å². The summed E-state index contributed by atoms with van der Waals surface area (Å²) >= 11 is 0. The van der Waals surface area contributed by atoms with Crippen molar-refractivity contribution >= 4 is 15.8 Å². The van der Waals surface area contributed by atoms with Crippen LogP contribution in [-0.2, 0) is 19.6 Å². The molecule has 1 saturated heterocycles. The molecule has 0 saturated carbocycles. The van der Waals surface area contributed by atoms with Crippen molar-refractivity contribution in [2.45, 2.75) is 44.6 Å². The van der Waals surface area contributed by atoms with Gasteiger partial charge in [0.1, 0.15) is 11.4 Å². The SMILES string of the molecule is C=C1C(C(C)=O)=C(CC)O[C@]2(C)CN(S(=O)(=O)c3ccc(C)cc3)C[C@H]12. The lowest BCUT2D eigenvalue weighted by atomic mass is 9.79. The monoisotopic (exact) mass is 375 g/mol. The average Bonchev–Trinajstić information content (AvgIpc) is 2.93. The van der Waals surface area contributed by atoms with Gasteiger partial charge >= 0.3 is 0 Å². The molecule has 2 aliphatic rings. The van der Waals surface area contributed by atoms with Gasteiger partial charge in [0.15, 0.2) is 5.78 Å². The molecular formula is C20H25NO4S. The Labute approximate surface area is 155 Å². The van der Waals surface area contributed by atoms with Crippen LogP contribution in [-0.4, -0.2) is 37.2 Å². The number of hydrogen-bond acceptors (Lipinski definition) is 4. The Morgan fingerprint density at radius 3 is 2.50 bits per heavy atom. The lowest BCUT2D eigenvalue weighted by molar-refractivity contribution is -0.114. The van der Waals surface area contributed by atoms with Crippen LogP contribution >= 0.6 is 0 Å². The van der Waals surface area contributed by atoms with Gasteiger partial charge < -0.3 is 4.74 Å². The van der Waals surface area contributed by atoms with Crippen molar-refractivity contribution in [3.05, 3.63) is 53.3 Å². The Bertz CT molecular complexity index is 898. The second kappa shape index (κ2) is 6.35. The van der Waals surface area contributed by atoms with Crippen LogP contribution in [0.1, 0.15) is 32.8 Å². The number of aryl methyl sites for hydroxylation is 1. The third-order valence-electron chi connectivity index (χ3n) is 5.32. The molecule has 0 bridgehead atoms. The molecule has 0 unspecified atom stereocenters. The quantitative estimate of drug-likeness (QED) is 0.811. The van der Waals surface area contributed by atoms with Crippen molar-refractivity contribution in [2.24, 2.45) is 5.92 Å². The molecule has 2 heterocycles. The van der Waals surface area contributed by atoms with Gasteiger partial charge in [0.05, 0.1) is 17.0 Å². The van der Waals surface area contributed by atoms with Crippen LogP contribution in [0.5, 0.6) is 0 Å². The van der Waals surface area contributed by atoms with E-state index in [-0.39, 0.29) is 29.7 Å². The number of rotatable bonds is 4. The van der Waals surface area contributed by atoms with Crippen LogP contribution < -0.4 is 0 Å². The molecule has 6 heteroatoms. The fraction of sp³-hybridized carbons (Fsp3) is 0.450. The summed E-state index contributed by atoms with van der Waals surface area (Å²) in [6.07, 6.45) is 0.570. The van der Waals surface area contributed by atoms with Gasteiger partial charge in [0.2, 0.25) is 10.0 Å². The van der Waals surface area contributed by atoms with Crippen molar-refractivity contribution in [2.75, 3.05) is 13.1 Å². The second-order valence-corrected chi connectivity index (χ2v) is 9.25. The minimum absolute atomic E-state index is 0.0891. The number of ketones is 1. The molecule has 5 nitrogen and oxygen atoms in total. The molecule has 2 atom stereocenters. The standard InChI is InChI=1S/C20H25NO4S/c1-6-18-19(15(4)22)14(3)17-11-21(12-20(17,5)25-18)26(23,24)16-9-7-13(2)8-10-16/h7-10,17H,3,6,11-12H2,1-2,4-5H3/t17-,20-/m1/s1. The number of hydrogen-bond donors (Lipinski definition) is 0. The van der Waals surface area contributed by atoms with E-state index in [9.17, 15) is 13.2 Å². The first-order valence-corrected chi connectivity index (χ1v) is 10.2. The van der Waals surface area contributed by atoms with E-state index in [2.05, 4.69) is 6.58 Å². The molecule has 26 heavy (non-hydrogen) atoms. The van der Waals surface area contributed by atoms with E-state index >= 15 is 0 Å². The van der Waals surface area contributed by atoms with Gasteiger partial charge in [-0.05, 0) is 38.5 Å². The maximum Gasteiger partial charge on any atom is 0.243 e. The van der Waals surface area contributed by atoms with Crippen LogP contribution in [0.15, 0.2) is 52.6 Å². The zero-order valence-corrected chi connectivity index (χ0v) is 16.5. The second-order valence-electron chi connectivity index (χ2n) is 7.31. The van der Waals surface area contributed by atoms with Gasteiger partial charge in [-0.25, -0.2) is 8.42 Å². The number of sulfonamides is 1. The highest BCUT2D eigenvalue weighted by molar-refractivity contribution is 7.89. The predicted molar refractivity (Wildman–Crippen MR) is 100 cm³/mol. The number of Topliss-reactive ketones (excluding diaryl/α,β-unsaturated/α-hetero) is 1. The molecule has 0 radical (unpaired) electrons. The average molecular weight is 375 g/mol.